The maximum Gasteiger partial charge on any atom is 0.407 e. The van der Waals surface area contributed by atoms with E-state index < -0.39 is 11.7 Å². The molecule has 4 rings (SSSR count). The van der Waals surface area contributed by atoms with Crippen molar-refractivity contribution in [1.82, 2.24) is 14.9 Å². The molecule has 3 aromatic rings. The average Bonchev–Trinajstić information content (AvgIpc) is 3.07. The number of imidazole rings is 1. The van der Waals surface area contributed by atoms with Crippen LogP contribution in [0.3, 0.4) is 0 Å². The van der Waals surface area contributed by atoms with Crippen molar-refractivity contribution in [2.75, 3.05) is 18.0 Å². The first-order chi connectivity index (χ1) is 14.8. The van der Waals surface area contributed by atoms with Gasteiger partial charge in [0.15, 0.2) is 0 Å². The van der Waals surface area contributed by atoms with E-state index >= 15 is 0 Å². The van der Waals surface area contributed by atoms with Gasteiger partial charge in [0.25, 0.3) is 0 Å². The van der Waals surface area contributed by atoms with Crippen LogP contribution in [0.1, 0.15) is 39.2 Å². The van der Waals surface area contributed by atoms with Crippen molar-refractivity contribution in [1.29, 1.82) is 0 Å². The molecule has 0 radical (unpaired) electrons. The smallest absolute Gasteiger partial charge is 0.407 e. The lowest BCUT2D eigenvalue weighted by Gasteiger charge is -2.34. The number of piperidine rings is 1. The summed E-state index contributed by atoms with van der Waals surface area (Å²) >= 11 is 0. The fourth-order valence-corrected chi connectivity index (χ4v) is 4.01. The van der Waals surface area contributed by atoms with Gasteiger partial charge in [-0.2, -0.15) is 0 Å². The second-order valence-corrected chi connectivity index (χ2v) is 9.01. The predicted octanol–water partition coefficient (Wildman–Crippen LogP) is 4.72. The zero-order valence-corrected chi connectivity index (χ0v) is 18.3. The van der Waals surface area contributed by atoms with E-state index in [1.165, 1.54) is 6.07 Å². The lowest BCUT2D eigenvalue weighted by Crippen LogP contribution is -2.49. The zero-order valence-electron chi connectivity index (χ0n) is 18.3. The van der Waals surface area contributed by atoms with Crippen LogP contribution in [0.4, 0.5) is 15.1 Å². The quantitative estimate of drug-likeness (QED) is 0.659. The SMILES string of the molecule is CC(C)(C)OC(=O)NC1CCCN(c2nc3ccccc3n2Cc2ccccc2F)C1. The third-order valence-electron chi connectivity index (χ3n) is 5.35. The molecule has 6 nitrogen and oxygen atoms in total. The third kappa shape index (κ3) is 4.98. The molecule has 31 heavy (non-hydrogen) atoms. The average molecular weight is 425 g/mol. The molecule has 7 heteroatoms. The first-order valence-corrected chi connectivity index (χ1v) is 10.7. The first-order valence-electron chi connectivity index (χ1n) is 10.7. The lowest BCUT2D eigenvalue weighted by atomic mass is 10.1. The number of amides is 1. The Morgan fingerprint density at radius 3 is 2.71 bits per heavy atom. The molecule has 0 spiro atoms. The summed E-state index contributed by atoms with van der Waals surface area (Å²) < 4.78 is 21.9. The number of fused-ring (bicyclic) bond motifs is 1. The molecule has 1 atom stereocenters. The van der Waals surface area contributed by atoms with Crippen LogP contribution in [0.15, 0.2) is 48.5 Å². The second kappa shape index (κ2) is 8.57. The Morgan fingerprint density at radius 2 is 1.94 bits per heavy atom. The van der Waals surface area contributed by atoms with E-state index in [0.29, 0.717) is 18.7 Å². The van der Waals surface area contributed by atoms with Crippen LogP contribution in [0.2, 0.25) is 0 Å². The van der Waals surface area contributed by atoms with E-state index in [1.54, 1.807) is 12.1 Å². The van der Waals surface area contributed by atoms with Crippen LogP contribution in [0.25, 0.3) is 11.0 Å². The molecule has 1 unspecified atom stereocenters. The van der Waals surface area contributed by atoms with Crippen LogP contribution in [0, 0.1) is 5.82 Å². The Labute approximate surface area is 182 Å². The summed E-state index contributed by atoms with van der Waals surface area (Å²) in [6.07, 6.45) is 1.39. The molecule has 0 aliphatic carbocycles. The highest BCUT2D eigenvalue weighted by Gasteiger charge is 2.27. The van der Waals surface area contributed by atoms with Gasteiger partial charge >= 0.3 is 6.09 Å². The van der Waals surface area contributed by atoms with Gasteiger partial charge < -0.3 is 19.5 Å². The normalized spacial score (nSPS) is 17.0. The van der Waals surface area contributed by atoms with Gasteiger partial charge in [-0.05, 0) is 51.8 Å². The van der Waals surface area contributed by atoms with Gasteiger partial charge in [-0.25, -0.2) is 14.2 Å². The maximum absolute atomic E-state index is 14.4. The van der Waals surface area contributed by atoms with Crippen LogP contribution in [-0.4, -0.2) is 40.4 Å². The van der Waals surface area contributed by atoms with Crippen molar-refractivity contribution >= 4 is 23.1 Å². The number of nitrogens with one attached hydrogen (secondary N) is 1. The number of hydrogen-bond acceptors (Lipinski definition) is 4. The van der Waals surface area contributed by atoms with E-state index in [0.717, 1.165) is 36.4 Å². The minimum Gasteiger partial charge on any atom is -0.444 e. The van der Waals surface area contributed by atoms with Gasteiger partial charge in [0.05, 0.1) is 17.6 Å². The molecule has 1 saturated heterocycles. The molecule has 164 valence electrons. The summed E-state index contributed by atoms with van der Waals surface area (Å²) in [4.78, 5) is 19.3. The number of ether oxygens (including phenoxy) is 1. The van der Waals surface area contributed by atoms with Gasteiger partial charge in [-0.1, -0.05) is 30.3 Å². The molecule has 1 aliphatic heterocycles. The number of hydrogen-bond donors (Lipinski definition) is 1. The van der Waals surface area contributed by atoms with E-state index in [-0.39, 0.29) is 11.9 Å². The Hall–Kier alpha value is -3.09. The van der Waals surface area contributed by atoms with Gasteiger partial charge in [0, 0.05) is 24.7 Å². The maximum atomic E-state index is 14.4. The molecule has 2 aromatic carbocycles. The number of alkyl carbamates (subject to hydrolysis) is 1. The van der Waals surface area contributed by atoms with Crippen LogP contribution in [-0.2, 0) is 11.3 Å². The number of halogens is 1. The monoisotopic (exact) mass is 424 g/mol. The van der Waals surface area contributed by atoms with Gasteiger partial charge in [-0.3, -0.25) is 0 Å². The number of rotatable bonds is 4. The van der Waals surface area contributed by atoms with Crippen molar-refractivity contribution in [3.63, 3.8) is 0 Å². The fraction of sp³-hybridized carbons (Fsp3) is 0.417. The number of anilines is 1. The molecule has 1 N–H and O–H groups in total. The van der Waals surface area contributed by atoms with Crippen LogP contribution >= 0.6 is 0 Å². The van der Waals surface area contributed by atoms with E-state index in [2.05, 4.69) is 14.8 Å². The molecule has 1 aliphatic rings. The number of para-hydroxylation sites is 2. The number of carbonyl (C=O) groups excluding carboxylic acids is 1. The molecule has 1 amide bonds. The Kier molecular flexibility index (Phi) is 5.85. The fourth-order valence-electron chi connectivity index (χ4n) is 4.01. The summed E-state index contributed by atoms with van der Waals surface area (Å²) in [5, 5.41) is 2.99. The molecular weight excluding hydrogens is 395 g/mol. The molecule has 2 heterocycles. The van der Waals surface area contributed by atoms with Crippen molar-refractivity contribution in [2.24, 2.45) is 0 Å². The molecule has 1 fully saturated rings. The minimum absolute atomic E-state index is 0.0367. The molecule has 0 bridgehead atoms. The number of carbonyl (C=O) groups is 1. The second-order valence-electron chi connectivity index (χ2n) is 9.01. The number of nitrogens with zero attached hydrogens (tertiary/aromatic N) is 3. The van der Waals surface area contributed by atoms with Crippen LogP contribution in [0.5, 0.6) is 0 Å². The molecule has 0 saturated carbocycles. The zero-order chi connectivity index (χ0) is 22.0. The van der Waals surface area contributed by atoms with E-state index in [1.807, 2.05) is 51.1 Å². The summed E-state index contributed by atoms with van der Waals surface area (Å²) in [5.74, 6) is 0.564. The van der Waals surface area contributed by atoms with Crippen molar-refractivity contribution < 1.29 is 13.9 Å². The van der Waals surface area contributed by atoms with Crippen molar-refractivity contribution in [2.45, 2.75) is 51.8 Å². The Bertz CT molecular complexity index is 1070. The highest BCUT2D eigenvalue weighted by molar-refractivity contribution is 5.79. The summed E-state index contributed by atoms with van der Waals surface area (Å²) in [6, 6.07) is 14.7. The Balaban J connectivity index is 1.60. The lowest BCUT2D eigenvalue weighted by molar-refractivity contribution is 0.0500. The van der Waals surface area contributed by atoms with E-state index in [9.17, 15) is 9.18 Å². The third-order valence-corrected chi connectivity index (χ3v) is 5.35. The summed E-state index contributed by atoms with van der Waals surface area (Å²) in [6.45, 7) is 7.40. The minimum atomic E-state index is -0.536. The Morgan fingerprint density at radius 1 is 1.19 bits per heavy atom. The molecular formula is C24H29FN4O2. The van der Waals surface area contributed by atoms with Crippen molar-refractivity contribution in [3.8, 4) is 0 Å². The van der Waals surface area contributed by atoms with Gasteiger partial charge in [0.1, 0.15) is 11.4 Å². The summed E-state index contributed by atoms with van der Waals surface area (Å²) in [5.41, 5.74) is 1.91. The van der Waals surface area contributed by atoms with E-state index in [4.69, 9.17) is 9.72 Å². The highest BCUT2D eigenvalue weighted by atomic mass is 19.1. The summed E-state index contributed by atoms with van der Waals surface area (Å²) in [7, 11) is 0. The predicted molar refractivity (Wildman–Crippen MR) is 120 cm³/mol. The van der Waals surface area contributed by atoms with Crippen molar-refractivity contribution in [3.05, 3.63) is 59.9 Å². The standard InChI is InChI=1S/C24H29FN4O2/c1-24(2,3)31-23(30)26-18-10-8-14-28(16-18)22-27-20-12-6-7-13-21(20)29(22)15-17-9-4-5-11-19(17)25/h4-7,9,11-13,18H,8,10,14-16H2,1-3H3,(H,26,30). The largest absolute Gasteiger partial charge is 0.444 e. The first kappa shape index (κ1) is 21.2. The van der Waals surface area contributed by atoms with Crippen LogP contribution < -0.4 is 10.2 Å². The topological polar surface area (TPSA) is 59.4 Å². The van der Waals surface area contributed by atoms with Gasteiger partial charge in [0.2, 0.25) is 5.95 Å². The number of benzene rings is 2. The number of aromatic nitrogens is 2. The highest BCUT2D eigenvalue weighted by Crippen LogP contribution is 2.27. The van der Waals surface area contributed by atoms with Gasteiger partial charge in [-0.15, -0.1) is 0 Å². The molecule has 1 aromatic heterocycles.